The molecule has 0 spiro atoms. The Balaban J connectivity index is 1.72. The number of rotatable bonds is 8. The van der Waals surface area contributed by atoms with Crippen molar-refractivity contribution in [2.75, 3.05) is 19.8 Å². The molecule has 1 amide bonds. The number of hydrogen-bond donors (Lipinski definition) is 1. The van der Waals surface area contributed by atoms with E-state index in [1.165, 1.54) is 0 Å². The highest BCUT2D eigenvalue weighted by Crippen LogP contribution is 2.19. The molecule has 0 heterocycles. The van der Waals surface area contributed by atoms with Gasteiger partial charge in [0, 0.05) is 10.5 Å². The molecule has 1 N–H and O–H groups in total. The van der Waals surface area contributed by atoms with E-state index in [0.29, 0.717) is 26.2 Å². The summed E-state index contributed by atoms with van der Waals surface area (Å²) in [5, 5.41) is 2.85. The number of benzene rings is 2. The highest BCUT2D eigenvalue weighted by Gasteiger charge is 2.05. The number of halogens is 1. The minimum absolute atomic E-state index is 0.0245. The zero-order chi connectivity index (χ0) is 16.5. The van der Waals surface area contributed by atoms with Crippen LogP contribution in [0, 0.1) is 0 Å². The number of nitrogens with one attached hydrogen (secondary N) is 1. The number of hydrogen-bond acceptors (Lipinski definition) is 3. The second-order valence-electron chi connectivity index (χ2n) is 4.87. The van der Waals surface area contributed by atoms with E-state index in [2.05, 4.69) is 21.2 Å². The molecule has 2 aromatic carbocycles. The Morgan fingerprint density at radius 1 is 1.09 bits per heavy atom. The fraction of sp³-hybridized carbons (Fsp3) is 0.278. The van der Waals surface area contributed by atoms with E-state index in [1.54, 1.807) is 0 Å². The van der Waals surface area contributed by atoms with Gasteiger partial charge < -0.3 is 14.8 Å². The topological polar surface area (TPSA) is 47.6 Å². The fourth-order valence-corrected chi connectivity index (χ4v) is 2.48. The van der Waals surface area contributed by atoms with E-state index in [9.17, 15) is 4.79 Å². The lowest BCUT2D eigenvalue weighted by Gasteiger charge is -2.10. The van der Waals surface area contributed by atoms with Crippen molar-refractivity contribution < 1.29 is 14.3 Å². The molecule has 0 bridgehead atoms. The molecule has 0 saturated carbocycles. The standard InChI is InChI=1S/C18H20BrNO3/c1-2-22-15-7-5-8-16(13-15)23-11-10-20-18(21)12-14-6-3-4-9-17(14)19/h3-9,13H,2,10-12H2,1H3,(H,20,21). The van der Waals surface area contributed by atoms with Gasteiger partial charge in [0.15, 0.2) is 0 Å². The molecule has 0 atom stereocenters. The molecule has 0 fully saturated rings. The maximum atomic E-state index is 11.9. The molecule has 2 rings (SSSR count). The first kappa shape index (κ1) is 17.3. The lowest BCUT2D eigenvalue weighted by molar-refractivity contribution is -0.120. The first-order valence-corrected chi connectivity index (χ1v) is 8.34. The Bertz CT molecular complexity index is 646. The van der Waals surface area contributed by atoms with Crippen LogP contribution in [0.15, 0.2) is 53.0 Å². The second kappa shape index (κ2) is 9.20. The van der Waals surface area contributed by atoms with Gasteiger partial charge in [-0.1, -0.05) is 40.2 Å². The smallest absolute Gasteiger partial charge is 0.224 e. The summed E-state index contributed by atoms with van der Waals surface area (Å²) < 4.78 is 12.0. The van der Waals surface area contributed by atoms with Gasteiger partial charge in [-0.3, -0.25) is 4.79 Å². The zero-order valence-corrected chi connectivity index (χ0v) is 14.6. The van der Waals surface area contributed by atoms with Gasteiger partial charge >= 0.3 is 0 Å². The van der Waals surface area contributed by atoms with Crippen LogP contribution < -0.4 is 14.8 Å². The van der Waals surface area contributed by atoms with Crippen LogP contribution in [0.3, 0.4) is 0 Å². The second-order valence-corrected chi connectivity index (χ2v) is 5.73. The lowest BCUT2D eigenvalue weighted by atomic mass is 10.1. The SMILES string of the molecule is CCOc1cccc(OCCNC(=O)Cc2ccccc2Br)c1. The van der Waals surface area contributed by atoms with Gasteiger partial charge in [0.05, 0.1) is 19.6 Å². The van der Waals surface area contributed by atoms with Crippen molar-refractivity contribution in [3.63, 3.8) is 0 Å². The molecule has 5 heteroatoms. The number of carbonyl (C=O) groups is 1. The molecule has 4 nitrogen and oxygen atoms in total. The molecule has 122 valence electrons. The lowest BCUT2D eigenvalue weighted by Crippen LogP contribution is -2.29. The van der Waals surface area contributed by atoms with Gasteiger partial charge in [0.1, 0.15) is 18.1 Å². The molecule has 0 aliphatic rings. The van der Waals surface area contributed by atoms with E-state index < -0.39 is 0 Å². The van der Waals surface area contributed by atoms with Gasteiger partial charge in [-0.05, 0) is 30.7 Å². The van der Waals surface area contributed by atoms with Crippen LogP contribution in [0.1, 0.15) is 12.5 Å². The number of amides is 1. The largest absolute Gasteiger partial charge is 0.494 e. The van der Waals surface area contributed by atoms with E-state index >= 15 is 0 Å². The summed E-state index contributed by atoms with van der Waals surface area (Å²) in [4.78, 5) is 11.9. The van der Waals surface area contributed by atoms with Crippen LogP contribution in [0.25, 0.3) is 0 Å². The van der Waals surface area contributed by atoms with E-state index in [1.807, 2.05) is 55.5 Å². The summed E-state index contributed by atoms with van der Waals surface area (Å²) in [5.41, 5.74) is 0.968. The Morgan fingerprint density at radius 2 is 1.83 bits per heavy atom. The molecule has 0 aliphatic carbocycles. The zero-order valence-electron chi connectivity index (χ0n) is 13.0. The number of ether oxygens (including phenoxy) is 2. The normalized spacial score (nSPS) is 10.2. The molecule has 23 heavy (non-hydrogen) atoms. The van der Waals surface area contributed by atoms with Crippen LogP contribution >= 0.6 is 15.9 Å². The monoisotopic (exact) mass is 377 g/mol. The maximum absolute atomic E-state index is 11.9. The molecule has 0 radical (unpaired) electrons. The highest BCUT2D eigenvalue weighted by atomic mass is 79.9. The van der Waals surface area contributed by atoms with E-state index in [-0.39, 0.29) is 5.91 Å². The van der Waals surface area contributed by atoms with Gasteiger partial charge in [0.25, 0.3) is 0 Å². The van der Waals surface area contributed by atoms with E-state index in [4.69, 9.17) is 9.47 Å². The van der Waals surface area contributed by atoms with Gasteiger partial charge in [0.2, 0.25) is 5.91 Å². The first-order valence-electron chi connectivity index (χ1n) is 7.55. The molecular weight excluding hydrogens is 358 g/mol. The Labute approximate surface area is 144 Å². The molecular formula is C18H20BrNO3. The quantitative estimate of drug-likeness (QED) is 0.715. The Hall–Kier alpha value is -2.01. The predicted octanol–water partition coefficient (Wildman–Crippen LogP) is 3.59. The van der Waals surface area contributed by atoms with Crippen molar-refractivity contribution >= 4 is 21.8 Å². The molecule has 0 aliphatic heterocycles. The van der Waals surface area contributed by atoms with Gasteiger partial charge in [-0.25, -0.2) is 0 Å². The third-order valence-electron chi connectivity index (χ3n) is 3.12. The summed E-state index contributed by atoms with van der Waals surface area (Å²) in [6.45, 7) is 3.43. The summed E-state index contributed by atoms with van der Waals surface area (Å²) in [7, 11) is 0. The average molecular weight is 378 g/mol. The Morgan fingerprint density at radius 3 is 2.57 bits per heavy atom. The van der Waals surface area contributed by atoms with Crippen molar-refractivity contribution in [2.45, 2.75) is 13.3 Å². The highest BCUT2D eigenvalue weighted by molar-refractivity contribution is 9.10. The third-order valence-corrected chi connectivity index (χ3v) is 3.89. The van der Waals surface area contributed by atoms with Gasteiger partial charge in [-0.2, -0.15) is 0 Å². The van der Waals surface area contributed by atoms with Crippen LogP contribution in [-0.4, -0.2) is 25.7 Å². The van der Waals surface area contributed by atoms with Crippen LogP contribution in [0.5, 0.6) is 11.5 Å². The van der Waals surface area contributed by atoms with Crippen molar-refractivity contribution in [1.29, 1.82) is 0 Å². The van der Waals surface area contributed by atoms with Crippen LogP contribution in [0.2, 0.25) is 0 Å². The molecule has 2 aromatic rings. The van der Waals surface area contributed by atoms with Crippen LogP contribution in [0.4, 0.5) is 0 Å². The summed E-state index contributed by atoms with van der Waals surface area (Å²) in [5.74, 6) is 1.49. The molecule has 0 saturated heterocycles. The molecule has 0 unspecified atom stereocenters. The fourth-order valence-electron chi connectivity index (χ4n) is 2.06. The first-order chi connectivity index (χ1) is 11.2. The summed E-state index contributed by atoms with van der Waals surface area (Å²) in [6, 6.07) is 15.2. The third kappa shape index (κ3) is 5.94. The minimum atomic E-state index is -0.0245. The van der Waals surface area contributed by atoms with Crippen LogP contribution in [-0.2, 0) is 11.2 Å². The van der Waals surface area contributed by atoms with E-state index in [0.717, 1.165) is 21.5 Å². The average Bonchev–Trinajstić information content (AvgIpc) is 2.55. The summed E-state index contributed by atoms with van der Waals surface area (Å²) in [6.07, 6.45) is 0.348. The Kier molecular flexibility index (Phi) is 6.94. The summed E-state index contributed by atoms with van der Waals surface area (Å²) >= 11 is 3.44. The number of carbonyl (C=O) groups excluding carboxylic acids is 1. The minimum Gasteiger partial charge on any atom is -0.494 e. The van der Waals surface area contributed by atoms with Gasteiger partial charge in [-0.15, -0.1) is 0 Å². The van der Waals surface area contributed by atoms with Crippen molar-refractivity contribution in [3.8, 4) is 11.5 Å². The van der Waals surface area contributed by atoms with Crippen molar-refractivity contribution in [3.05, 3.63) is 58.6 Å². The van der Waals surface area contributed by atoms with Crippen molar-refractivity contribution in [1.82, 2.24) is 5.32 Å². The predicted molar refractivity (Wildman–Crippen MR) is 94.0 cm³/mol. The molecule has 0 aromatic heterocycles. The maximum Gasteiger partial charge on any atom is 0.224 e. The van der Waals surface area contributed by atoms with Crippen molar-refractivity contribution in [2.24, 2.45) is 0 Å².